The van der Waals surface area contributed by atoms with Gasteiger partial charge in [-0.3, -0.25) is 19.6 Å². The van der Waals surface area contributed by atoms with Crippen LogP contribution in [-0.2, 0) is 14.8 Å². The Balaban J connectivity index is 1.93. The molecule has 0 aromatic heterocycles. The number of benzene rings is 2. The zero-order valence-electron chi connectivity index (χ0n) is 15.3. The van der Waals surface area contributed by atoms with Crippen molar-refractivity contribution in [1.82, 2.24) is 0 Å². The number of carbonyl (C=O) groups is 1. The van der Waals surface area contributed by atoms with Crippen molar-refractivity contribution in [1.29, 1.82) is 0 Å². The molecular formula is C18H19N3O6S. The molecule has 10 heteroatoms. The van der Waals surface area contributed by atoms with Gasteiger partial charge < -0.3 is 9.64 Å². The molecule has 3 rings (SSSR count). The van der Waals surface area contributed by atoms with Gasteiger partial charge in [0.1, 0.15) is 10.6 Å². The summed E-state index contributed by atoms with van der Waals surface area (Å²) in [5.41, 5.74) is 1.39. The molecule has 0 radical (unpaired) electrons. The van der Waals surface area contributed by atoms with Gasteiger partial charge in [-0.05, 0) is 43.2 Å². The lowest BCUT2D eigenvalue weighted by Gasteiger charge is -2.19. The van der Waals surface area contributed by atoms with E-state index < -0.39 is 14.9 Å². The molecule has 0 bridgehead atoms. The van der Waals surface area contributed by atoms with E-state index in [1.54, 1.807) is 30.0 Å². The van der Waals surface area contributed by atoms with Crippen LogP contribution >= 0.6 is 0 Å². The van der Waals surface area contributed by atoms with E-state index in [0.29, 0.717) is 13.0 Å². The standard InChI is InChI=1S/C18H19N3O6S/c1-12-10-13(5-7-15(12)20-9-3-4-18(20)22)19-28(25,26)17-11-14(21(23)24)6-8-16(17)27-2/h5-8,10-11,19H,3-4,9H2,1-2H3. The van der Waals surface area contributed by atoms with Crippen molar-refractivity contribution in [2.75, 3.05) is 23.3 Å². The number of nitrogens with one attached hydrogen (secondary N) is 1. The van der Waals surface area contributed by atoms with Gasteiger partial charge in [-0.2, -0.15) is 0 Å². The first-order valence-corrected chi connectivity index (χ1v) is 9.97. The molecule has 0 spiro atoms. The Labute approximate surface area is 162 Å². The van der Waals surface area contributed by atoms with Crippen LogP contribution in [0, 0.1) is 17.0 Å². The van der Waals surface area contributed by atoms with Crippen LogP contribution in [-0.4, -0.2) is 32.9 Å². The molecule has 9 nitrogen and oxygen atoms in total. The first kappa shape index (κ1) is 19.6. The number of amides is 1. The van der Waals surface area contributed by atoms with E-state index in [9.17, 15) is 23.3 Å². The zero-order chi connectivity index (χ0) is 20.5. The van der Waals surface area contributed by atoms with E-state index in [1.165, 1.54) is 19.2 Å². The second kappa shape index (κ2) is 7.47. The van der Waals surface area contributed by atoms with Crippen molar-refractivity contribution >= 4 is 33.0 Å². The SMILES string of the molecule is COc1ccc([N+](=O)[O-])cc1S(=O)(=O)Nc1ccc(N2CCCC2=O)c(C)c1. The number of nitro groups is 1. The van der Waals surface area contributed by atoms with Crippen LogP contribution in [0.25, 0.3) is 0 Å². The zero-order valence-corrected chi connectivity index (χ0v) is 16.2. The number of nitrogens with zero attached hydrogens (tertiary/aromatic N) is 2. The fourth-order valence-electron chi connectivity index (χ4n) is 3.12. The largest absolute Gasteiger partial charge is 0.495 e. The lowest BCUT2D eigenvalue weighted by molar-refractivity contribution is -0.385. The topological polar surface area (TPSA) is 119 Å². The summed E-state index contributed by atoms with van der Waals surface area (Å²) in [6.07, 6.45) is 1.29. The number of hydrogen-bond donors (Lipinski definition) is 1. The molecule has 1 saturated heterocycles. The Hall–Kier alpha value is -3.14. The summed E-state index contributed by atoms with van der Waals surface area (Å²) < 4.78 is 33.0. The third-order valence-electron chi connectivity index (χ3n) is 4.46. The maximum atomic E-state index is 12.8. The highest BCUT2D eigenvalue weighted by molar-refractivity contribution is 7.92. The lowest BCUT2D eigenvalue weighted by atomic mass is 10.1. The van der Waals surface area contributed by atoms with Crippen molar-refractivity contribution in [3.05, 3.63) is 52.1 Å². The molecular weight excluding hydrogens is 386 g/mol. The van der Waals surface area contributed by atoms with Gasteiger partial charge in [-0.15, -0.1) is 0 Å². The number of carbonyl (C=O) groups excluding carboxylic acids is 1. The summed E-state index contributed by atoms with van der Waals surface area (Å²) in [6.45, 7) is 2.42. The Morgan fingerprint density at radius 3 is 2.54 bits per heavy atom. The van der Waals surface area contributed by atoms with Gasteiger partial charge in [-0.1, -0.05) is 0 Å². The predicted octanol–water partition coefficient (Wildman–Crippen LogP) is 2.84. The number of ether oxygens (including phenoxy) is 1. The van der Waals surface area contributed by atoms with Crippen molar-refractivity contribution in [3.8, 4) is 5.75 Å². The molecule has 1 fully saturated rings. The molecule has 1 heterocycles. The fourth-order valence-corrected chi connectivity index (χ4v) is 4.36. The van der Waals surface area contributed by atoms with Gasteiger partial charge >= 0.3 is 0 Å². The average Bonchev–Trinajstić information content (AvgIpc) is 3.06. The predicted molar refractivity (Wildman–Crippen MR) is 103 cm³/mol. The van der Waals surface area contributed by atoms with Crippen molar-refractivity contribution in [2.45, 2.75) is 24.7 Å². The minimum absolute atomic E-state index is 0.00546. The number of sulfonamides is 1. The van der Waals surface area contributed by atoms with Gasteiger partial charge in [0.15, 0.2) is 0 Å². The van der Waals surface area contributed by atoms with E-state index in [1.807, 2.05) is 0 Å². The second-order valence-electron chi connectivity index (χ2n) is 6.35. The highest BCUT2D eigenvalue weighted by Gasteiger charge is 2.25. The summed E-state index contributed by atoms with van der Waals surface area (Å²) in [4.78, 5) is 23.6. The minimum atomic E-state index is -4.13. The highest BCUT2D eigenvalue weighted by atomic mass is 32.2. The van der Waals surface area contributed by atoms with E-state index in [-0.39, 0.29) is 27.9 Å². The molecule has 0 saturated carbocycles. The molecule has 1 amide bonds. The Morgan fingerprint density at radius 1 is 1.21 bits per heavy atom. The average molecular weight is 405 g/mol. The van der Waals surface area contributed by atoms with Crippen molar-refractivity contribution < 1.29 is 22.9 Å². The van der Waals surface area contributed by atoms with Crippen LogP contribution in [0.2, 0.25) is 0 Å². The summed E-state index contributed by atoms with van der Waals surface area (Å²) in [6, 6.07) is 8.20. The Kier molecular flexibility index (Phi) is 5.23. The van der Waals surface area contributed by atoms with E-state index in [0.717, 1.165) is 23.7 Å². The molecule has 28 heavy (non-hydrogen) atoms. The van der Waals surface area contributed by atoms with Crippen LogP contribution in [0.3, 0.4) is 0 Å². The van der Waals surface area contributed by atoms with Crippen molar-refractivity contribution in [3.63, 3.8) is 0 Å². The molecule has 1 aliphatic heterocycles. The second-order valence-corrected chi connectivity index (χ2v) is 8.00. The van der Waals surface area contributed by atoms with Crippen LogP contribution in [0.1, 0.15) is 18.4 Å². The van der Waals surface area contributed by atoms with E-state index in [4.69, 9.17) is 4.74 Å². The van der Waals surface area contributed by atoms with Crippen LogP contribution in [0.15, 0.2) is 41.3 Å². The Morgan fingerprint density at radius 2 is 1.96 bits per heavy atom. The maximum absolute atomic E-state index is 12.8. The number of aryl methyl sites for hydroxylation is 1. The molecule has 0 atom stereocenters. The monoisotopic (exact) mass is 405 g/mol. The summed E-state index contributed by atoms with van der Waals surface area (Å²) in [7, 11) is -2.85. The van der Waals surface area contributed by atoms with Gasteiger partial charge in [0.25, 0.3) is 15.7 Å². The Bertz CT molecular complexity index is 1050. The van der Waals surface area contributed by atoms with Gasteiger partial charge in [0.05, 0.1) is 12.0 Å². The fraction of sp³-hybridized carbons (Fsp3) is 0.278. The minimum Gasteiger partial charge on any atom is -0.495 e. The summed E-state index contributed by atoms with van der Waals surface area (Å²) >= 11 is 0. The van der Waals surface area contributed by atoms with Gasteiger partial charge in [0.2, 0.25) is 5.91 Å². The van der Waals surface area contributed by atoms with Crippen LogP contribution in [0.5, 0.6) is 5.75 Å². The molecule has 0 unspecified atom stereocenters. The lowest BCUT2D eigenvalue weighted by Crippen LogP contribution is -2.24. The van der Waals surface area contributed by atoms with E-state index >= 15 is 0 Å². The number of rotatable bonds is 6. The number of methoxy groups -OCH3 is 1. The number of nitro benzene ring substituents is 1. The number of non-ortho nitro benzene ring substituents is 1. The van der Waals surface area contributed by atoms with Crippen molar-refractivity contribution in [2.24, 2.45) is 0 Å². The van der Waals surface area contributed by atoms with Gasteiger partial charge in [0, 0.05) is 36.5 Å². The first-order valence-electron chi connectivity index (χ1n) is 8.49. The normalized spacial score (nSPS) is 14.2. The summed E-state index contributed by atoms with van der Waals surface area (Å²) in [5.74, 6) is 0.0341. The molecule has 2 aromatic rings. The van der Waals surface area contributed by atoms with E-state index in [2.05, 4.69) is 4.72 Å². The highest BCUT2D eigenvalue weighted by Crippen LogP contribution is 2.31. The third-order valence-corrected chi connectivity index (χ3v) is 5.86. The first-order chi connectivity index (χ1) is 13.2. The number of hydrogen-bond acceptors (Lipinski definition) is 6. The smallest absolute Gasteiger partial charge is 0.271 e. The quantitative estimate of drug-likeness (QED) is 0.583. The molecule has 0 aliphatic carbocycles. The molecule has 2 aromatic carbocycles. The van der Waals surface area contributed by atoms with Gasteiger partial charge in [-0.25, -0.2) is 8.42 Å². The molecule has 1 N–H and O–H groups in total. The maximum Gasteiger partial charge on any atom is 0.271 e. The molecule has 1 aliphatic rings. The summed E-state index contributed by atoms with van der Waals surface area (Å²) in [5, 5.41) is 11.0. The number of anilines is 2. The third kappa shape index (κ3) is 3.77. The molecule has 148 valence electrons. The van der Waals surface area contributed by atoms with Crippen LogP contribution in [0.4, 0.5) is 17.1 Å². The van der Waals surface area contributed by atoms with Crippen LogP contribution < -0.4 is 14.4 Å².